The van der Waals surface area contributed by atoms with Crippen molar-refractivity contribution in [2.75, 3.05) is 19.6 Å². The van der Waals surface area contributed by atoms with Gasteiger partial charge in [0, 0.05) is 26.1 Å². The van der Waals surface area contributed by atoms with Crippen LogP contribution in [0.15, 0.2) is 0 Å². The van der Waals surface area contributed by atoms with Crippen molar-refractivity contribution in [1.29, 1.82) is 0 Å². The molecule has 2 rings (SSSR count). The molecule has 2 aliphatic heterocycles. The van der Waals surface area contributed by atoms with E-state index in [1.54, 1.807) is 0 Å². The minimum atomic E-state index is 0.312. The van der Waals surface area contributed by atoms with E-state index in [1.165, 1.54) is 19.3 Å². The van der Waals surface area contributed by atoms with Gasteiger partial charge in [0.1, 0.15) is 0 Å². The highest BCUT2D eigenvalue weighted by Crippen LogP contribution is 2.17. The molecule has 0 atom stereocenters. The normalized spacial score (nSPS) is 26.9. The minimum Gasteiger partial charge on any atom is -0.275 e. The van der Waals surface area contributed by atoms with Gasteiger partial charge in [-0.25, -0.2) is 5.01 Å². The smallest absolute Gasteiger partial charge is 0.238 e. The summed E-state index contributed by atoms with van der Waals surface area (Å²) in [5.74, 6) is 0.312. The quantitative estimate of drug-likeness (QED) is 0.517. The van der Waals surface area contributed by atoms with Gasteiger partial charge in [-0.05, 0) is 12.8 Å². The lowest BCUT2D eigenvalue weighted by molar-refractivity contribution is -0.166. The van der Waals surface area contributed by atoms with Gasteiger partial charge in [0.05, 0.1) is 0 Å². The Bertz CT molecular complexity index is 163. The third-order valence-electron chi connectivity index (χ3n) is 2.50. The maximum Gasteiger partial charge on any atom is 0.238 e. The van der Waals surface area contributed by atoms with Crippen molar-refractivity contribution >= 4 is 5.91 Å². The van der Waals surface area contributed by atoms with Crippen LogP contribution in [0.3, 0.4) is 0 Å². The maximum absolute atomic E-state index is 11.0. The number of hydrazine groups is 1. The fourth-order valence-corrected chi connectivity index (χ4v) is 1.72. The summed E-state index contributed by atoms with van der Waals surface area (Å²) in [6.45, 7) is 3.14. The fourth-order valence-electron chi connectivity index (χ4n) is 1.72. The Labute approximate surface area is 66.9 Å². The van der Waals surface area contributed by atoms with Crippen LogP contribution in [-0.2, 0) is 4.79 Å². The highest BCUT2D eigenvalue weighted by atomic mass is 16.2. The van der Waals surface area contributed by atoms with Gasteiger partial charge in [0.2, 0.25) is 5.91 Å². The summed E-state index contributed by atoms with van der Waals surface area (Å²) in [6, 6.07) is 0. The van der Waals surface area contributed by atoms with Crippen LogP contribution in [0.2, 0.25) is 0 Å². The third-order valence-corrected chi connectivity index (χ3v) is 2.50. The van der Waals surface area contributed by atoms with E-state index >= 15 is 0 Å². The monoisotopic (exact) mass is 154 g/mol. The molecule has 0 aliphatic carbocycles. The molecule has 0 aromatic heterocycles. The number of nitrogens with zero attached hydrogens (tertiary/aromatic N) is 2. The summed E-state index contributed by atoms with van der Waals surface area (Å²) in [7, 11) is 0. The van der Waals surface area contributed by atoms with E-state index < -0.39 is 0 Å². The summed E-state index contributed by atoms with van der Waals surface area (Å²) in [6.07, 6.45) is 4.60. The lowest BCUT2D eigenvalue weighted by Crippen LogP contribution is -2.55. The molecule has 2 fully saturated rings. The maximum atomic E-state index is 11.0. The number of carbonyl (C=O) groups is 1. The zero-order valence-electron chi connectivity index (χ0n) is 6.75. The van der Waals surface area contributed by atoms with E-state index in [0.29, 0.717) is 5.91 Å². The molecule has 3 nitrogen and oxygen atoms in total. The SMILES string of the molecule is O=C1CCN1N1CCCCC1. The van der Waals surface area contributed by atoms with Crippen molar-refractivity contribution in [3.8, 4) is 0 Å². The second-order valence-electron chi connectivity index (χ2n) is 3.28. The van der Waals surface area contributed by atoms with Gasteiger partial charge in [-0.1, -0.05) is 6.42 Å². The summed E-state index contributed by atoms with van der Waals surface area (Å²) >= 11 is 0. The average Bonchev–Trinajstić information content (AvgIpc) is 2.04. The van der Waals surface area contributed by atoms with Crippen LogP contribution in [0.25, 0.3) is 0 Å². The van der Waals surface area contributed by atoms with Crippen LogP contribution >= 0.6 is 0 Å². The van der Waals surface area contributed by atoms with Crippen molar-refractivity contribution in [2.24, 2.45) is 0 Å². The first-order valence-corrected chi connectivity index (χ1v) is 4.43. The third kappa shape index (κ3) is 1.25. The van der Waals surface area contributed by atoms with E-state index in [9.17, 15) is 4.79 Å². The van der Waals surface area contributed by atoms with Gasteiger partial charge in [-0.3, -0.25) is 9.80 Å². The molecule has 2 aliphatic rings. The predicted molar refractivity (Wildman–Crippen MR) is 41.8 cm³/mol. The first kappa shape index (κ1) is 7.10. The second-order valence-corrected chi connectivity index (χ2v) is 3.28. The van der Waals surface area contributed by atoms with Crippen LogP contribution in [0, 0.1) is 0 Å². The fraction of sp³-hybridized carbons (Fsp3) is 0.875. The molecule has 0 radical (unpaired) electrons. The van der Waals surface area contributed by atoms with Crippen LogP contribution < -0.4 is 0 Å². The highest BCUT2D eigenvalue weighted by Gasteiger charge is 2.29. The zero-order valence-corrected chi connectivity index (χ0v) is 6.75. The van der Waals surface area contributed by atoms with E-state index in [4.69, 9.17) is 0 Å². The largest absolute Gasteiger partial charge is 0.275 e. The van der Waals surface area contributed by atoms with Crippen molar-refractivity contribution in [3.05, 3.63) is 0 Å². The molecule has 3 heteroatoms. The number of β-lactam (4-membered cyclic amide) rings is 1. The molecule has 0 aromatic carbocycles. The Morgan fingerprint density at radius 1 is 1.00 bits per heavy atom. The van der Waals surface area contributed by atoms with Crippen LogP contribution in [0.4, 0.5) is 0 Å². The van der Waals surface area contributed by atoms with Crippen LogP contribution in [0.5, 0.6) is 0 Å². The van der Waals surface area contributed by atoms with Crippen LogP contribution in [0.1, 0.15) is 25.7 Å². The molecule has 62 valence electrons. The number of hydrogen-bond acceptors (Lipinski definition) is 2. The van der Waals surface area contributed by atoms with Crippen LogP contribution in [-0.4, -0.2) is 35.6 Å². The molecule has 0 aromatic rings. The molecule has 2 heterocycles. The Hall–Kier alpha value is -0.570. The van der Waals surface area contributed by atoms with Crippen molar-refractivity contribution in [2.45, 2.75) is 25.7 Å². The standard InChI is InChI=1S/C8H14N2O/c11-8-4-7-10(8)9-5-2-1-3-6-9/h1-7H2. The summed E-state index contributed by atoms with van der Waals surface area (Å²) in [5.41, 5.74) is 0. The molecule has 2 saturated heterocycles. The first-order valence-electron chi connectivity index (χ1n) is 4.43. The van der Waals surface area contributed by atoms with Gasteiger partial charge in [-0.2, -0.15) is 0 Å². The van der Waals surface area contributed by atoms with Gasteiger partial charge < -0.3 is 0 Å². The van der Waals surface area contributed by atoms with Gasteiger partial charge >= 0.3 is 0 Å². The summed E-state index contributed by atoms with van der Waals surface area (Å²) in [5, 5.41) is 4.11. The molecule has 1 amide bonds. The zero-order chi connectivity index (χ0) is 7.68. The lowest BCUT2D eigenvalue weighted by Gasteiger charge is -2.42. The highest BCUT2D eigenvalue weighted by molar-refractivity contribution is 5.81. The number of carbonyl (C=O) groups excluding carboxylic acids is 1. The van der Waals surface area contributed by atoms with E-state index in [1.807, 2.05) is 5.01 Å². The number of hydrogen-bond donors (Lipinski definition) is 0. The molecule has 0 spiro atoms. The summed E-state index contributed by atoms with van der Waals surface area (Å²) < 4.78 is 0. The summed E-state index contributed by atoms with van der Waals surface area (Å²) in [4.78, 5) is 11.0. The van der Waals surface area contributed by atoms with E-state index in [2.05, 4.69) is 5.01 Å². The molecule has 0 saturated carbocycles. The first-order chi connectivity index (χ1) is 5.38. The van der Waals surface area contributed by atoms with Crippen molar-refractivity contribution in [3.63, 3.8) is 0 Å². The Balaban J connectivity index is 1.88. The minimum absolute atomic E-state index is 0.312. The van der Waals surface area contributed by atoms with Crippen molar-refractivity contribution < 1.29 is 4.79 Å². The number of piperidine rings is 1. The molecular formula is C8H14N2O. The van der Waals surface area contributed by atoms with Crippen molar-refractivity contribution in [1.82, 2.24) is 10.0 Å². The van der Waals surface area contributed by atoms with E-state index in [0.717, 1.165) is 26.1 Å². The predicted octanol–water partition coefficient (Wildman–Crippen LogP) is 0.620. The Morgan fingerprint density at radius 3 is 2.18 bits per heavy atom. The number of amides is 1. The lowest BCUT2D eigenvalue weighted by atomic mass is 10.1. The molecule has 0 unspecified atom stereocenters. The Kier molecular flexibility index (Phi) is 1.82. The van der Waals surface area contributed by atoms with Gasteiger partial charge in [-0.15, -0.1) is 0 Å². The topological polar surface area (TPSA) is 23.6 Å². The molecule has 0 bridgehead atoms. The van der Waals surface area contributed by atoms with E-state index in [-0.39, 0.29) is 0 Å². The molecule has 0 N–H and O–H groups in total. The number of rotatable bonds is 1. The molecule has 11 heavy (non-hydrogen) atoms. The average molecular weight is 154 g/mol. The second kappa shape index (κ2) is 2.81. The molecular weight excluding hydrogens is 140 g/mol. The Morgan fingerprint density at radius 2 is 1.73 bits per heavy atom. The van der Waals surface area contributed by atoms with Gasteiger partial charge in [0.15, 0.2) is 0 Å². The van der Waals surface area contributed by atoms with Gasteiger partial charge in [0.25, 0.3) is 0 Å².